The third-order valence-electron chi connectivity index (χ3n) is 2.23. The molecule has 0 aliphatic heterocycles. The van der Waals surface area contributed by atoms with E-state index in [1.165, 1.54) is 12.1 Å². The second kappa shape index (κ2) is 6.54. The number of amides is 1. The summed E-state index contributed by atoms with van der Waals surface area (Å²) in [4.78, 5) is 33.8. The number of carbonyl (C=O) groups is 3. The Morgan fingerprint density at radius 2 is 1.72 bits per heavy atom. The van der Waals surface area contributed by atoms with Gasteiger partial charge in [-0.1, -0.05) is 6.92 Å². The minimum Gasteiger partial charge on any atom is -0.462 e. The Morgan fingerprint density at radius 3 is 2.22 bits per heavy atom. The third kappa shape index (κ3) is 3.69. The molecule has 0 atom stereocenters. The van der Waals surface area contributed by atoms with E-state index in [0.717, 1.165) is 0 Å². The second-order valence-corrected chi connectivity index (χ2v) is 3.53. The molecule has 0 unspecified atom stereocenters. The number of benzene rings is 1. The van der Waals surface area contributed by atoms with Crippen LogP contribution in [0.4, 0.5) is 5.69 Å². The predicted molar refractivity (Wildman–Crippen MR) is 66.3 cm³/mol. The summed E-state index contributed by atoms with van der Waals surface area (Å²) in [6, 6.07) is 6.16. The van der Waals surface area contributed by atoms with Crippen LogP contribution in [0.15, 0.2) is 24.3 Å². The molecule has 1 N–H and O–H groups in total. The first-order chi connectivity index (χ1) is 8.58. The second-order valence-electron chi connectivity index (χ2n) is 3.53. The van der Waals surface area contributed by atoms with Gasteiger partial charge in [0.15, 0.2) is 0 Å². The van der Waals surface area contributed by atoms with Gasteiger partial charge in [-0.15, -0.1) is 0 Å². The van der Waals surface area contributed by atoms with E-state index in [9.17, 15) is 14.4 Å². The largest absolute Gasteiger partial charge is 0.462 e. The summed E-state index contributed by atoms with van der Waals surface area (Å²) in [7, 11) is 0. The highest BCUT2D eigenvalue weighted by Crippen LogP contribution is 2.10. The molecule has 0 bridgehead atoms. The highest BCUT2D eigenvalue weighted by atomic mass is 16.5. The van der Waals surface area contributed by atoms with Crippen molar-refractivity contribution in [2.24, 2.45) is 0 Å². The van der Waals surface area contributed by atoms with Crippen LogP contribution in [-0.4, -0.2) is 24.3 Å². The first-order valence-electron chi connectivity index (χ1n) is 5.69. The number of hydrogen-bond donors (Lipinski definition) is 1. The quantitative estimate of drug-likeness (QED) is 0.637. The van der Waals surface area contributed by atoms with Gasteiger partial charge < -0.3 is 10.1 Å². The molecule has 0 radical (unpaired) electrons. The van der Waals surface area contributed by atoms with Crippen molar-refractivity contribution >= 4 is 23.3 Å². The van der Waals surface area contributed by atoms with Crippen molar-refractivity contribution < 1.29 is 19.1 Å². The third-order valence-corrected chi connectivity index (χ3v) is 2.23. The highest BCUT2D eigenvalue weighted by molar-refractivity contribution is 6.40. The van der Waals surface area contributed by atoms with Gasteiger partial charge >= 0.3 is 5.97 Å². The van der Waals surface area contributed by atoms with E-state index in [1.807, 2.05) is 0 Å². The van der Waals surface area contributed by atoms with Crippen LogP contribution in [0.25, 0.3) is 0 Å². The number of hydrogen-bond acceptors (Lipinski definition) is 4. The van der Waals surface area contributed by atoms with Crippen LogP contribution < -0.4 is 5.32 Å². The molecule has 0 saturated carbocycles. The molecule has 0 aromatic heterocycles. The van der Waals surface area contributed by atoms with Crippen molar-refractivity contribution in [2.45, 2.75) is 20.3 Å². The smallest absolute Gasteiger partial charge is 0.338 e. The molecular formula is C13H15NO4. The zero-order valence-electron chi connectivity index (χ0n) is 10.4. The minimum atomic E-state index is -0.651. The van der Waals surface area contributed by atoms with Crippen LogP contribution in [0, 0.1) is 0 Å². The summed E-state index contributed by atoms with van der Waals surface area (Å²) < 4.78 is 4.82. The molecule has 1 aromatic rings. The van der Waals surface area contributed by atoms with Crippen LogP contribution >= 0.6 is 0 Å². The van der Waals surface area contributed by atoms with Gasteiger partial charge in [0.25, 0.3) is 5.91 Å². The topological polar surface area (TPSA) is 72.5 Å². The maximum absolute atomic E-state index is 11.4. The van der Waals surface area contributed by atoms with E-state index in [0.29, 0.717) is 17.9 Å². The first-order valence-corrected chi connectivity index (χ1v) is 5.69. The van der Waals surface area contributed by atoms with Crippen molar-refractivity contribution in [2.75, 3.05) is 11.9 Å². The van der Waals surface area contributed by atoms with Crippen LogP contribution in [0.3, 0.4) is 0 Å². The van der Waals surface area contributed by atoms with E-state index < -0.39 is 17.7 Å². The lowest BCUT2D eigenvalue weighted by Crippen LogP contribution is -2.21. The normalized spacial score (nSPS) is 9.67. The molecule has 0 aliphatic carbocycles. The van der Waals surface area contributed by atoms with E-state index >= 15 is 0 Å². The van der Waals surface area contributed by atoms with Crippen molar-refractivity contribution in [3.05, 3.63) is 29.8 Å². The Bertz CT molecular complexity index is 451. The van der Waals surface area contributed by atoms with Gasteiger partial charge in [-0.05, 0) is 31.2 Å². The molecule has 5 heteroatoms. The zero-order valence-corrected chi connectivity index (χ0v) is 10.4. The molecule has 18 heavy (non-hydrogen) atoms. The molecule has 0 heterocycles. The molecule has 96 valence electrons. The van der Waals surface area contributed by atoms with Gasteiger partial charge in [-0.3, -0.25) is 9.59 Å². The van der Waals surface area contributed by atoms with Gasteiger partial charge in [0.1, 0.15) is 0 Å². The minimum absolute atomic E-state index is 0.159. The summed E-state index contributed by atoms with van der Waals surface area (Å²) in [5.41, 5.74) is 0.867. The van der Waals surface area contributed by atoms with Crippen LogP contribution in [0.2, 0.25) is 0 Å². The number of nitrogens with one attached hydrogen (secondary N) is 1. The maximum Gasteiger partial charge on any atom is 0.338 e. The number of esters is 1. The zero-order chi connectivity index (χ0) is 13.5. The Labute approximate surface area is 105 Å². The van der Waals surface area contributed by atoms with Crippen molar-refractivity contribution in [3.8, 4) is 0 Å². The number of rotatable bonds is 5. The molecule has 0 fully saturated rings. The van der Waals surface area contributed by atoms with E-state index in [2.05, 4.69) is 5.32 Å². The fourth-order valence-corrected chi connectivity index (χ4v) is 1.27. The molecule has 0 spiro atoms. The average molecular weight is 249 g/mol. The summed E-state index contributed by atoms with van der Waals surface area (Å²) >= 11 is 0. The molecule has 1 amide bonds. The Hall–Kier alpha value is -2.17. The number of carbonyl (C=O) groups excluding carboxylic acids is 3. The Kier molecular flexibility index (Phi) is 5.05. The maximum atomic E-state index is 11.4. The number of Topliss-reactive ketones (excluding diaryl/α,β-unsaturated/α-hetero) is 1. The Balaban J connectivity index is 2.69. The van der Waals surface area contributed by atoms with Gasteiger partial charge in [-0.25, -0.2) is 4.79 Å². The summed E-state index contributed by atoms with van der Waals surface area (Å²) in [5, 5.41) is 2.45. The van der Waals surface area contributed by atoms with Gasteiger partial charge in [0.2, 0.25) is 5.78 Å². The summed E-state index contributed by atoms with van der Waals surface area (Å²) in [6.07, 6.45) is 0.159. The predicted octanol–water partition coefficient (Wildman–Crippen LogP) is 1.78. The molecule has 1 aromatic carbocycles. The van der Waals surface area contributed by atoms with Crippen LogP contribution in [0.5, 0.6) is 0 Å². The summed E-state index contributed by atoms with van der Waals surface area (Å²) in [5.74, 6) is -1.55. The molecule has 0 aliphatic rings. The van der Waals surface area contributed by atoms with Gasteiger partial charge in [0.05, 0.1) is 12.2 Å². The number of ether oxygens (including phenoxy) is 1. The lowest BCUT2D eigenvalue weighted by atomic mass is 10.2. The Morgan fingerprint density at radius 1 is 1.11 bits per heavy atom. The van der Waals surface area contributed by atoms with Crippen molar-refractivity contribution in [1.82, 2.24) is 0 Å². The van der Waals surface area contributed by atoms with Gasteiger partial charge in [0, 0.05) is 12.1 Å². The molecule has 0 saturated heterocycles. The average Bonchev–Trinajstić information content (AvgIpc) is 2.38. The SMILES string of the molecule is CCOC(=O)c1ccc(NC(=O)C(=O)CC)cc1. The standard InChI is InChI=1S/C13H15NO4/c1-3-11(15)12(16)14-10-7-5-9(6-8-10)13(17)18-4-2/h5-8H,3-4H2,1-2H3,(H,14,16). The van der Waals surface area contributed by atoms with E-state index in [-0.39, 0.29) is 6.42 Å². The van der Waals surface area contributed by atoms with Crippen LogP contribution in [0.1, 0.15) is 30.6 Å². The molecule has 5 nitrogen and oxygen atoms in total. The fourth-order valence-electron chi connectivity index (χ4n) is 1.27. The van der Waals surface area contributed by atoms with Crippen LogP contribution in [-0.2, 0) is 14.3 Å². The number of anilines is 1. The van der Waals surface area contributed by atoms with Crippen molar-refractivity contribution in [1.29, 1.82) is 0 Å². The highest BCUT2D eigenvalue weighted by Gasteiger charge is 2.11. The molecule has 1 rings (SSSR count). The monoisotopic (exact) mass is 249 g/mol. The van der Waals surface area contributed by atoms with Gasteiger partial charge in [-0.2, -0.15) is 0 Å². The fraction of sp³-hybridized carbons (Fsp3) is 0.308. The lowest BCUT2D eigenvalue weighted by Gasteiger charge is -2.05. The first kappa shape index (κ1) is 13.9. The van der Waals surface area contributed by atoms with Crippen molar-refractivity contribution in [3.63, 3.8) is 0 Å². The lowest BCUT2D eigenvalue weighted by molar-refractivity contribution is -0.134. The molecular weight excluding hydrogens is 234 g/mol. The van der Waals surface area contributed by atoms with E-state index in [4.69, 9.17) is 4.74 Å². The summed E-state index contributed by atoms with van der Waals surface area (Å²) in [6.45, 7) is 3.65. The van der Waals surface area contributed by atoms with E-state index in [1.54, 1.807) is 26.0 Å². The number of ketones is 1.